The van der Waals surface area contributed by atoms with Crippen molar-refractivity contribution in [3.05, 3.63) is 21.9 Å². The number of carbonyl (C=O) groups excluding carboxylic acids is 1. The zero-order valence-electron chi connectivity index (χ0n) is 11.8. The summed E-state index contributed by atoms with van der Waals surface area (Å²) in [6, 6.07) is 4.14. The van der Waals surface area contributed by atoms with Gasteiger partial charge < -0.3 is 15.4 Å². The molecule has 6 heteroatoms. The van der Waals surface area contributed by atoms with Gasteiger partial charge in [0.15, 0.2) is 0 Å². The number of piperidine rings is 1. The Labute approximate surface area is 130 Å². The minimum absolute atomic E-state index is 0. The Morgan fingerprint density at radius 3 is 2.85 bits per heavy atom. The van der Waals surface area contributed by atoms with Gasteiger partial charge in [0.2, 0.25) is 5.91 Å². The average Bonchev–Trinajstić information content (AvgIpc) is 2.83. The number of halogens is 1. The maximum absolute atomic E-state index is 11.7. The third-order valence-electron chi connectivity index (χ3n) is 3.22. The molecule has 0 bridgehead atoms. The Hall–Kier alpha value is -0.620. The molecule has 2 N–H and O–H groups in total. The smallest absolute Gasteiger partial charge is 0.222 e. The molecule has 1 fully saturated rings. The molecular formula is C14H23ClN2O2S. The van der Waals surface area contributed by atoms with E-state index in [1.807, 2.05) is 0 Å². The van der Waals surface area contributed by atoms with E-state index in [2.05, 4.69) is 29.7 Å². The molecule has 0 atom stereocenters. The lowest BCUT2D eigenvalue weighted by Gasteiger charge is -2.22. The highest BCUT2D eigenvalue weighted by molar-refractivity contribution is 7.11. The number of hydrogen-bond donors (Lipinski definition) is 2. The molecule has 1 aromatic rings. The Bertz CT molecular complexity index is 406. The summed E-state index contributed by atoms with van der Waals surface area (Å²) in [4.78, 5) is 14.1. The van der Waals surface area contributed by atoms with E-state index in [1.165, 1.54) is 9.75 Å². The normalized spacial score (nSPS) is 15.7. The van der Waals surface area contributed by atoms with Crippen LogP contribution in [0.25, 0.3) is 0 Å². The number of hydrogen-bond acceptors (Lipinski definition) is 4. The third kappa shape index (κ3) is 6.22. The van der Waals surface area contributed by atoms with Crippen molar-refractivity contribution >= 4 is 29.7 Å². The Balaban J connectivity index is 0.00000200. The number of nitrogens with one attached hydrogen (secondary N) is 2. The molecule has 2 rings (SSSR count). The van der Waals surface area contributed by atoms with Crippen LogP contribution in [0.1, 0.15) is 29.0 Å². The molecule has 114 valence electrons. The van der Waals surface area contributed by atoms with Gasteiger partial charge in [-0.3, -0.25) is 4.79 Å². The molecule has 4 nitrogen and oxygen atoms in total. The number of aryl methyl sites for hydroxylation is 1. The molecular weight excluding hydrogens is 296 g/mol. The van der Waals surface area contributed by atoms with Crippen molar-refractivity contribution in [3.63, 3.8) is 0 Å². The van der Waals surface area contributed by atoms with Gasteiger partial charge in [-0.05, 0) is 45.0 Å². The second kappa shape index (κ2) is 9.34. The highest BCUT2D eigenvalue weighted by Crippen LogP contribution is 2.14. The third-order valence-corrected chi connectivity index (χ3v) is 4.23. The molecule has 1 saturated heterocycles. The van der Waals surface area contributed by atoms with E-state index in [9.17, 15) is 4.79 Å². The first kappa shape index (κ1) is 17.4. The fraction of sp³-hybridized carbons (Fsp3) is 0.643. The van der Waals surface area contributed by atoms with Gasteiger partial charge in [-0.15, -0.1) is 23.7 Å². The summed E-state index contributed by atoms with van der Waals surface area (Å²) in [6.07, 6.45) is 2.88. The van der Waals surface area contributed by atoms with Gasteiger partial charge in [0.25, 0.3) is 0 Å². The molecule has 0 unspecified atom stereocenters. The summed E-state index contributed by atoms with van der Waals surface area (Å²) >= 11 is 1.72. The molecule has 20 heavy (non-hydrogen) atoms. The summed E-state index contributed by atoms with van der Waals surface area (Å²) in [5, 5.41) is 6.23. The number of carbonyl (C=O) groups is 1. The lowest BCUT2D eigenvalue weighted by Crippen LogP contribution is -2.33. The first-order chi connectivity index (χ1) is 9.24. The van der Waals surface area contributed by atoms with Gasteiger partial charge in [0, 0.05) is 16.2 Å². The van der Waals surface area contributed by atoms with E-state index in [0.717, 1.165) is 25.9 Å². The average molecular weight is 319 g/mol. The first-order valence-electron chi connectivity index (χ1n) is 6.88. The molecule has 1 aliphatic rings. The minimum atomic E-state index is 0. The molecule has 0 aromatic carbocycles. The maximum Gasteiger partial charge on any atom is 0.222 e. The lowest BCUT2D eigenvalue weighted by molar-refractivity contribution is -0.122. The van der Waals surface area contributed by atoms with Crippen LogP contribution in [0, 0.1) is 6.92 Å². The van der Waals surface area contributed by atoms with Crippen LogP contribution in [0.4, 0.5) is 0 Å². The quantitative estimate of drug-likeness (QED) is 0.846. The zero-order chi connectivity index (χ0) is 13.5. The first-order valence-corrected chi connectivity index (χ1v) is 7.70. The van der Waals surface area contributed by atoms with Gasteiger partial charge in [0.05, 0.1) is 19.3 Å². The number of amides is 1. The van der Waals surface area contributed by atoms with E-state index < -0.39 is 0 Å². The van der Waals surface area contributed by atoms with Crippen molar-refractivity contribution in [1.29, 1.82) is 0 Å². The summed E-state index contributed by atoms with van der Waals surface area (Å²) in [6.45, 7) is 5.27. The number of rotatable bonds is 6. The fourth-order valence-corrected chi connectivity index (χ4v) is 2.96. The van der Waals surface area contributed by atoms with Crippen LogP contribution >= 0.6 is 23.7 Å². The second-order valence-electron chi connectivity index (χ2n) is 4.86. The number of thiophene rings is 1. The van der Waals surface area contributed by atoms with Crippen LogP contribution in [0.3, 0.4) is 0 Å². The van der Waals surface area contributed by atoms with E-state index in [0.29, 0.717) is 25.7 Å². The van der Waals surface area contributed by atoms with Crippen LogP contribution < -0.4 is 10.6 Å². The van der Waals surface area contributed by atoms with Crippen molar-refractivity contribution in [2.75, 3.05) is 19.7 Å². The van der Waals surface area contributed by atoms with Crippen LogP contribution in [-0.2, 0) is 16.1 Å². The summed E-state index contributed by atoms with van der Waals surface area (Å²) in [7, 11) is 0. The van der Waals surface area contributed by atoms with Crippen molar-refractivity contribution in [3.8, 4) is 0 Å². The van der Waals surface area contributed by atoms with Crippen molar-refractivity contribution in [1.82, 2.24) is 10.6 Å². The molecule has 1 amide bonds. The summed E-state index contributed by atoms with van der Waals surface area (Å²) in [5.41, 5.74) is 0. The van der Waals surface area contributed by atoms with E-state index in [1.54, 1.807) is 11.3 Å². The Morgan fingerprint density at radius 1 is 1.45 bits per heavy atom. The minimum Gasteiger partial charge on any atom is -0.378 e. The predicted molar refractivity (Wildman–Crippen MR) is 84.6 cm³/mol. The van der Waals surface area contributed by atoms with Gasteiger partial charge in [-0.2, -0.15) is 0 Å². The molecule has 0 spiro atoms. The molecule has 0 saturated carbocycles. The Morgan fingerprint density at radius 2 is 2.20 bits per heavy atom. The van der Waals surface area contributed by atoms with Crippen molar-refractivity contribution in [2.24, 2.45) is 0 Å². The van der Waals surface area contributed by atoms with E-state index in [-0.39, 0.29) is 18.3 Å². The van der Waals surface area contributed by atoms with Crippen molar-refractivity contribution < 1.29 is 9.53 Å². The molecule has 0 radical (unpaired) electrons. The van der Waals surface area contributed by atoms with Gasteiger partial charge in [0.1, 0.15) is 0 Å². The molecule has 2 heterocycles. The fourth-order valence-electron chi connectivity index (χ4n) is 2.13. The van der Waals surface area contributed by atoms with E-state index in [4.69, 9.17) is 4.74 Å². The number of ether oxygens (including phenoxy) is 1. The SMILES string of the molecule is Cc1ccc(CNC(=O)CCOC2CCNCC2)s1.Cl. The van der Waals surface area contributed by atoms with Crippen LogP contribution in [0.15, 0.2) is 12.1 Å². The summed E-state index contributed by atoms with van der Waals surface area (Å²) in [5.74, 6) is 0.0694. The van der Waals surface area contributed by atoms with Gasteiger partial charge in [-0.25, -0.2) is 0 Å². The van der Waals surface area contributed by atoms with Crippen LogP contribution in [-0.4, -0.2) is 31.7 Å². The lowest BCUT2D eigenvalue weighted by atomic mass is 10.1. The highest BCUT2D eigenvalue weighted by atomic mass is 35.5. The highest BCUT2D eigenvalue weighted by Gasteiger charge is 2.13. The molecule has 0 aliphatic carbocycles. The zero-order valence-corrected chi connectivity index (χ0v) is 13.4. The topological polar surface area (TPSA) is 50.4 Å². The van der Waals surface area contributed by atoms with Gasteiger partial charge in [-0.1, -0.05) is 0 Å². The maximum atomic E-state index is 11.7. The largest absolute Gasteiger partial charge is 0.378 e. The predicted octanol–water partition coefficient (Wildman–Crippen LogP) is 2.25. The summed E-state index contributed by atoms with van der Waals surface area (Å²) < 4.78 is 5.71. The molecule has 1 aromatic heterocycles. The van der Waals surface area contributed by atoms with Gasteiger partial charge >= 0.3 is 0 Å². The standard InChI is InChI=1S/C14H22N2O2S.ClH/c1-11-2-3-13(19-11)10-16-14(17)6-9-18-12-4-7-15-8-5-12;/h2-3,12,15H,4-10H2,1H3,(H,16,17);1H. The van der Waals surface area contributed by atoms with Crippen molar-refractivity contribution in [2.45, 2.75) is 38.8 Å². The monoisotopic (exact) mass is 318 g/mol. The molecule has 1 aliphatic heterocycles. The van der Waals surface area contributed by atoms with E-state index >= 15 is 0 Å². The Kier molecular flexibility index (Phi) is 8.14. The second-order valence-corrected chi connectivity index (χ2v) is 6.23. The van der Waals surface area contributed by atoms with Crippen LogP contribution in [0.2, 0.25) is 0 Å². The van der Waals surface area contributed by atoms with Crippen LogP contribution in [0.5, 0.6) is 0 Å².